The molecule has 3 N–H and O–H groups in total. The number of aromatic amines is 1. The molecule has 0 saturated carbocycles. The zero-order valence-corrected chi connectivity index (χ0v) is 16.1. The Morgan fingerprint density at radius 1 is 0.903 bits per heavy atom. The van der Waals surface area contributed by atoms with Gasteiger partial charge in [0.1, 0.15) is 12.0 Å². The van der Waals surface area contributed by atoms with Crippen molar-refractivity contribution in [2.45, 2.75) is 0 Å². The van der Waals surface area contributed by atoms with Gasteiger partial charge in [-0.1, -0.05) is 0 Å². The number of hydrogen-bond donors (Lipinski definition) is 3. The normalized spacial score (nSPS) is 10.7. The van der Waals surface area contributed by atoms with Crippen LogP contribution in [0.5, 0.6) is 0 Å². The van der Waals surface area contributed by atoms with Crippen molar-refractivity contribution in [2.24, 2.45) is 0 Å². The minimum absolute atomic E-state index is 0.270. The van der Waals surface area contributed by atoms with Crippen LogP contribution in [0.1, 0.15) is 10.5 Å². The maximum Gasteiger partial charge on any atom is 0.272 e. The van der Waals surface area contributed by atoms with Crippen molar-refractivity contribution in [3.05, 3.63) is 85.5 Å². The summed E-state index contributed by atoms with van der Waals surface area (Å²) in [7, 11) is 0. The van der Waals surface area contributed by atoms with Crippen LogP contribution in [0, 0.1) is 0 Å². The Kier molecular flexibility index (Phi) is 4.74. The molecular formula is C22H16N8O. The molecule has 0 spiro atoms. The number of nitrogens with one attached hydrogen (secondary N) is 3. The van der Waals surface area contributed by atoms with Crippen molar-refractivity contribution in [1.82, 2.24) is 29.9 Å². The lowest BCUT2D eigenvalue weighted by Crippen LogP contribution is -2.12. The number of carbonyl (C=O) groups is 1. The third-order valence-corrected chi connectivity index (χ3v) is 4.55. The van der Waals surface area contributed by atoms with Crippen molar-refractivity contribution in [3.63, 3.8) is 0 Å². The van der Waals surface area contributed by atoms with Crippen molar-refractivity contribution < 1.29 is 4.79 Å². The fourth-order valence-electron chi connectivity index (χ4n) is 3.12. The topological polar surface area (TPSA) is 121 Å². The zero-order valence-electron chi connectivity index (χ0n) is 16.1. The number of hydrogen-bond acceptors (Lipinski definition) is 7. The Bertz CT molecular complexity index is 1350. The largest absolute Gasteiger partial charge is 0.351 e. The molecule has 1 amide bonds. The van der Waals surface area contributed by atoms with Crippen LogP contribution in [0.2, 0.25) is 0 Å². The molecule has 4 aromatic heterocycles. The summed E-state index contributed by atoms with van der Waals surface area (Å²) in [5.74, 6) is 0.200. The van der Waals surface area contributed by atoms with Gasteiger partial charge in [0.15, 0.2) is 0 Å². The minimum Gasteiger partial charge on any atom is -0.351 e. The fraction of sp³-hybridized carbons (Fsp3) is 0. The number of fused-ring (bicyclic) bond motifs is 1. The van der Waals surface area contributed by atoms with E-state index in [2.05, 4.69) is 40.5 Å². The molecule has 0 aliphatic rings. The lowest BCUT2D eigenvalue weighted by atomic mass is 10.2. The second-order valence-electron chi connectivity index (χ2n) is 6.70. The highest BCUT2D eigenvalue weighted by atomic mass is 16.1. The van der Waals surface area contributed by atoms with E-state index in [1.54, 1.807) is 24.7 Å². The number of rotatable bonds is 5. The molecule has 0 atom stereocenters. The lowest BCUT2D eigenvalue weighted by Gasteiger charge is -2.06. The SMILES string of the molecule is O=C(Nc1cncnc1)c1cc2cc(Nc3nccc(-c4cccnc4)n3)ccc2[nH]1. The van der Waals surface area contributed by atoms with E-state index in [9.17, 15) is 4.79 Å². The molecule has 0 aliphatic carbocycles. The fourth-order valence-corrected chi connectivity index (χ4v) is 3.12. The smallest absolute Gasteiger partial charge is 0.272 e. The average Bonchev–Trinajstić information content (AvgIpc) is 3.24. The van der Waals surface area contributed by atoms with Crippen LogP contribution < -0.4 is 10.6 Å². The molecular weight excluding hydrogens is 392 g/mol. The summed E-state index contributed by atoms with van der Waals surface area (Å²) in [5, 5.41) is 6.85. The number of anilines is 3. The van der Waals surface area contributed by atoms with Crippen molar-refractivity contribution in [3.8, 4) is 11.3 Å². The van der Waals surface area contributed by atoms with Crippen LogP contribution in [0.25, 0.3) is 22.2 Å². The van der Waals surface area contributed by atoms with Gasteiger partial charge in [-0.05, 0) is 42.5 Å². The first kappa shape index (κ1) is 18.4. The first-order chi connectivity index (χ1) is 15.2. The Labute approximate surface area is 176 Å². The minimum atomic E-state index is -0.270. The molecule has 0 aliphatic heterocycles. The summed E-state index contributed by atoms with van der Waals surface area (Å²) in [4.78, 5) is 36.4. The monoisotopic (exact) mass is 408 g/mol. The zero-order chi connectivity index (χ0) is 21.0. The van der Waals surface area contributed by atoms with Crippen LogP contribution in [0.15, 0.2) is 79.8 Å². The highest BCUT2D eigenvalue weighted by Crippen LogP contribution is 2.23. The first-order valence-corrected chi connectivity index (χ1v) is 9.44. The van der Waals surface area contributed by atoms with Crippen LogP contribution in [0.4, 0.5) is 17.3 Å². The van der Waals surface area contributed by atoms with E-state index in [1.165, 1.54) is 18.7 Å². The molecule has 9 heteroatoms. The van der Waals surface area contributed by atoms with Gasteiger partial charge in [0, 0.05) is 40.7 Å². The molecule has 1 aromatic carbocycles. The Morgan fingerprint density at radius 3 is 2.65 bits per heavy atom. The van der Waals surface area contributed by atoms with E-state index < -0.39 is 0 Å². The van der Waals surface area contributed by atoms with Gasteiger partial charge in [0.25, 0.3) is 5.91 Å². The molecule has 4 heterocycles. The number of pyridine rings is 1. The first-order valence-electron chi connectivity index (χ1n) is 9.44. The summed E-state index contributed by atoms with van der Waals surface area (Å²) in [6.07, 6.45) is 9.65. The highest BCUT2D eigenvalue weighted by molar-refractivity contribution is 6.06. The molecule has 31 heavy (non-hydrogen) atoms. The van der Waals surface area contributed by atoms with E-state index in [4.69, 9.17) is 0 Å². The molecule has 5 aromatic rings. The molecule has 0 radical (unpaired) electrons. The number of nitrogens with zero attached hydrogens (tertiary/aromatic N) is 5. The summed E-state index contributed by atoms with van der Waals surface area (Å²) in [6, 6.07) is 13.1. The second-order valence-corrected chi connectivity index (χ2v) is 6.70. The molecule has 0 fully saturated rings. The molecule has 150 valence electrons. The highest BCUT2D eigenvalue weighted by Gasteiger charge is 2.11. The number of aromatic nitrogens is 6. The van der Waals surface area contributed by atoms with Crippen molar-refractivity contribution >= 4 is 34.1 Å². The second kappa shape index (κ2) is 7.99. The van der Waals surface area contributed by atoms with Gasteiger partial charge in [-0.15, -0.1) is 0 Å². The predicted octanol–water partition coefficient (Wildman–Crippen LogP) is 3.81. The van der Waals surface area contributed by atoms with E-state index in [0.29, 0.717) is 17.3 Å². The van der Waals surface area contributed by atoms with Crippen LogP contribution in [0.3, 0.4) is 0 Å². The number of amides is 1. The van der Waals surface area contributed by atoms with E-state index >= 15 is 0 Å². The number of H-pyrrole nitrogens is 1. The summed E-state index contributed by atoms with van der Waals surface area (Å²) in [6.45, 7) is 0. The van der Waals surface area contributed by atoms with Crippen molar-refractivity contribution in [2.75, 3.05) is 10.6 Å². The molecule has 0 unspecified atom stereocenters. The predicted molar refractivity (Wildman–Crippen MR) is 117 cm³/mol. The van der Waals surface area contributed by atoms with E-state index in [1.807, 2.05) is 36.4 Å². The van der Waals surface area contributed by atoms with Gasteiger partial charge >= 0.3 is 0 Å². The average molecular weight is 408 g/mol. The standard InChI is InChI=1S/C22H16N8O/c31-21(27-17-11-24-13-25-12-17)20-9-15-8-16(3-4-18(15)29-20)28-22-26-7-5-19(30-22)14-2-1-6-23-10-14/h1-13,29H,(H,27,31)(H,26,28,30). The molecule has 5 rings (SSSR count). The quantitative estimate of drug-likeness (QED) is 0.404. The van der Waals surface area contributed by atoms with Crippen LogP contribution in [-0.2, 0) is 0 Å². The van der Waals surface area contributed by atoms with E-state index in [0.717, 1.165) is 27.8 Å². The maximum atomic E-state index is 12.5. The summed E-state index contributed by atoms with van der Waals surface area (Å²) >= 11 is 0. The van der Waals surface area contributed by atoms with Crippen LogP contribution >= 0.6 is 0 Å². The van der Waals surface area contributed by atoms with Gasteiger partial charge in [0.2, 0.25) is 5.95 Å². The number of carbonyl (C=O) groups excluding carboxylic acids is 1. The third kappa shape index (κ3) is 4.06. The maximum absolute atomic E-state index is 12.5. The van der Waals surface area contributed by atoms with Gasteiger partial charge in [-0.3, -0.25) is 9.78 Å². The van der Waals surface area contributed by atoms with Crippen molar-refractivity contribution in [1.29, 1.82) is 0 Å². The van der Waals surface area contributed by atoms with Gasteiger partial charge < -0.3 is 15.6 Å². The Morgan fingerprint density at radius 2 is 1.81 bits per heavy atom. The number of benzene rings is 1. The van der Waals surface area contributed by atoms with Gasteiger partial charge in [-0.25, -0.2) is 19.9 Å². The molecule has 0 saturated heterocycles. The molecule has 0 bridgehead atoms. The lowest BCUT2D eigenvalue weighted by molar-refractivity contribution is 0.102. The summed E-state index contributed by atoms with van der Waals surface area (Å²) < 4.78 is 0. The Balaban J connectivity index is 1.36. The van der Waals surface area contributed by atoms with Gasteiger partial charge in [0.05, 0.1) is 23.8 Å². The van der Waals surface area contributed by atoms with Gasteiger partial charge in [-0.2, -0.15) is 0 Å². The summed E-state index contributed by atoms with van der Waals surface area (Å²) in [5.41, 5.74) is 4.29. The Hall–Kier alpha value is -4.66. The van der Waals surface area contributed by atoms with Crippen LogP contribution in [-0.4, -0.2) is 35.8 Å². The third-order valence-electron chi connectivity index (χ3n) is 4.55. The van der Waals surface area contributed by atoms with E-state index in [-0.39, 0.29) is 5.91 Å². The molecule has 9 nitrogen and oxygen atoms in total.